The zero-order valence-corrected chi connectivity index (χ0v) is 11.8. The van der Waals surface area contributed by atoms with Gasteiger partial charge in [0.25, 0.3) is 5.69 Å². The van der Waals surface area contributed by atoms with Crippen molar-refractivity contribution in [3.8, 4) is 0 Å². The molecule has 2 aromatic rings. The van der Waals surface area contributed by atoms with Gasteiger partial charge in [-0.05, 0) is 42.0 Å². The highest BCUT2D eigenvalue weighted by molar-refractivity contribution is 5.91. The number of benzene rings is 2. The van der Waals surface area contributed by atoms with Crippen molar-refractivity contribution in [2.24, 2.45) is 0 Å². The summed E-state index contributed by atoms with van der Waals surface area (Å²) in [6.07, 6.45) is 2.67. The molecular weight excluding hydrogens is 306 g/mol. The Kier molecular flexibility index (Phi) is 5.14. The summed E-state index contributed by atoms with van der Waals surface area (Å²) in [5.74, 6) is -1.69. The van der Waals surface area contributed by atoms with Gasteiger partial charge in [-0.15, -0.1) is 0 Å². The summed E-state index contributed by atoms with van der Waals surface area (Å²) in [6, 6.07) is 8.62. The van der Waals surface area contributed by atoms with Crippen LogP contribution >= 0.6 is 0 Å². The smallest absolute Gasteiger partial charge is 0.269 e. The minimum absolute atomic E-state index is 0.0436. The molecule has 0 aliphatic heterocycles. The van der Waals surface area contributed by atoms with Gasteiger partial charge in [-0.2, -0.15) is 0 Å². The first-order valence-electron chi connectivity index (χ1n) is 6.60. The van der Waals surface area contributed by atoms with Crippen molar-refractivity contribution in [2.75, 3.05) is 0 Å². The normalized spacial score (nSPS) is 10.7. The first-order valence-corrected chi connectivity index (χ1v) is 6.60. The van der Waals surface area contributed by atoms with Crippen LogP contribution < -0.4 is 5.32 Å². The van der Waals surface area contributed by atoms with Gasteiger partial charge in [0, 0.05) is 30.3 Å². The molecule has 5 nitrogen and oxygen atoms in total. The molecule has 0 heterocycles. The predicted octanol–water partition coefficient (Wildman–Crippen LogP) is 3.20. The van der Waals surface area contributed by atoms with Crippen LogP contribution in [0.4, 0.5) is 14.5 Å². The Labute approximate surface area is 130 Å². The summed E-state index contributed by atoms with van der Waals surface area (Å²) in [5, 5.41) is 12.9. The zero-order chi connectivity index (χ0) is 16.8. The quantitative estimate of drug-likeness (QED) is 0.523. The van der Waals surface area contributed by atoms with Crippen LogP contribution in [0.3, 0.4) is 0 Å². The topological polar surface area (TPSA) is 72.2 Å². The van der Waals surface area contributed by atoms with Gasteiger partial charge in [-0.3, -0.25) is 14.9 Å². The Morgan fingerprint density at radius 1 is 1.17 bits per heavy atom. The van der Waals surface area contributed by atoms with E-state index in [1.807, 2.05) is 0 Å². The predicted molar refractivity (Wildman–Crippen MR) is 80.3 cm³/mol. The average Bonchev–Trinajstić information content (AvgIpc) is 2.54. The number of hydrogen-bond acceptors (Lipinski definition) is 3. The maximum atomic E-state index is 13.4. The van der Waals surface area contributed by atoms with Gasteiger partial charge in [0.2, 0.25) is 5.91 Å². The molecule has 0 bridgehead atoms. The van der Waals surface area contributed by atoms with E-state index in [9.17, 15) is 23.7 Å². The summed E-state index contributed by atoms with van der Waals surface area (Å²) < 4.78 is 26.4. The number of carbonyl (C=O) groups is 1. The number of halogens is 2. The lowest BCUT2D eigenvalue weighted by Crippen LogP contribution is -2.21. The molecule has 0 atom stereocenters. The zero-order valence-electron chi connectivity index (χ0n) is 11.8. The highest BCUT2D eigenvalue weighted by atomic mass is 19.1. The summed E-state index contributed by atoms with van der Waals surface area (Å²) in [7, 11) is 0. The number of nitrogens with one attached hydrogen (secondary N) is 1. The Morgan fingerprint density at radius 3 is 2.52 bits per heavy atom. The largest absolute Gasteiger partial charge is 0.348 e. The van der Waals surface area contributed by atoms with Gasteiger partial charge in [-0.1, -0.05) is 0 Å². The number of nitro groups is 1. The molecule has 0 aromatic heterocycles. The second kappa shape index (κ2) is 7.26. The Morgan fingerprint density at radius 2 is 1.87 bits per heavy atom. The Hall–Kier alpha value is -3.09. The van der Waals surface area contributed by atoms with Crippen LogP contribution in [0.1, 0.15) is 11.1 Å². The minimum Gasteiger partial charge on any atom is -0.348 e. The number of amides is 1. The molecule has 0 aliphatic carbocycles. The number of hydrogen-bond donors (Lipinski definition) is 1. The summed E-state index contributed by atoms with van der Waals surface area (Å²) in [5.41, 5.74) is 0.595. The second-order valence-corrected chi connectivity index (χ2v) is 4.64. The molecule has 0 radical (unpaired) electrons. The summed E-state index contributed by atoms with van der Waals surface area (Å²) in [4.78, 5) is 21.6. The molecule has 0 unspecified atom stereocenters. The van der Waals surface area contributed by atoms with Gasteiger partial charge in [0.1, 0.15) is 11.6 Å². The first-order chi connectivity index (χ1) is 11.0. The SMILES string of the molecule is O=C(C=Cc1ccc([N+](=O)[O-])cc1)NCc1cc(F)ccc1F. The van der Waals surface area contributed by atoms with E-state index < -0.39 is 22.5 Å². The average molecular weight is 318 g/mol. The van der Waals surface area contributed by atoms with Crippen molar-refractivity contribution in [3.05, 3.63) is 81.4 Å². The van der Waals surface area contributed by atoms with Crippen molar-refractivity contribution in [1.82, 2.24) is 5.32 Å². The van der Waals surface area contributed by atoms with Crippen molar-refractivity contribution in [2.45, 2.75) is 6.54 Å². The van der Waals surface area contributed by atoms with E-state index >= 15 is 0 Å². The maximum Gasteiger partial charge on any atom is 0.269 e. The van der Waals surface area contributed by atoms with Gasteiger partial charge in [-0.25, -0.2) is 8.78 Å². The van der Waals surface area contributed by atoms with Crippen LogP contribution in [0.15, 0.2) is 48.5 Å². The molecule has 23 heavy (non-hydrogen) atoms. The minimum atomic E-state index is -0.606. The van der Waals surface area contributed by atoms with Crippen molar-refractivity contribution < 1.29 is 18.5 Å². The molecule has 2 aromatic carbocycles. The Bertz CT molecular complexity index is 758. The number of nitrogens with zero attached hydrogens (tertiary/aromatic N) is 1. The standard InChI is InChI=1S/C16H12F2N2O3/c17-13-4-7-15(18)12(9-13)10-19-16(21)8-3-11-1-5-14(6-2-11)20(22)23/h1-9H,10H2,(H,19,21). The van der Waals surface area contributed by atoms with E-state index in [-0.39, 0.29) is 17.8 Å². The lowest BCUT2D eigenvalue weighted by Gasteiger charge is -2.04. The van der Waals surface area contributed by atoms with E-state index in [2.05, 4.69) is 5.32 Å². The van der Waals surface area contributed by atoms with Crippen LogP contribution in [0, 0.1) is 21.7 Å². The number of carbonyl (C=O) groups excluding carboxylic acids is 1. The first kappa shape index (κ1) is 16.3. The summed E-state index contributed by atoms with van der Waals surface area (Å²) >= 11 is 0. The third kappa shape index (κ3) is 4.70. The molecule has 0 saturated carbocycles. The van der Waals surface area contributed by atoms with E-state index in [1.165, 1.54) is 36.4 Å². The summed E-state index contributed by atoms with van der Waals surface area (Å²) in [6.45, 7) is -0.146. The van der Waals surface area contributed by atoms with Gasteiger partial charge in [0.15, 0.2) is 0 Å². The van der Waals surface area contributed by atoms with Crippen LogP contribution in [-0.4, -0.2) is 10.8 Å². The molecule has 118 valence electrons. The highest BCUT2D eigenvalue weighted by Gasteiger charge is 2.05. The number of rotatable bonds is 5. The molecule has 0 aliphatic rings. The second-order valence-electron chi connectivity index (χ2n) is 4.64. The third-order valence-electron chi connectivity index (χ3n) is 2.99. The van der Waals surface area contributed by atoms with E-state index in [1.54, 1.807) is 0 Å². The molecule has 1 amide bonds. The van der Waals surface area contributed by atoms with E-state index in [0.717, 1.165) is 18.2 Å². The molecular formula is C16H12F2N2O3. The van der Waals surface area contributed by atoms with Gasteiger partial charge in [0.05, 0.1) is 4.92 Å². The number of nitro benzene ring substituents is 1. The van der Waals surface area contributed by atoms with Crippen molar-refractivity contribution in [3.63, 3.8) is 0 Å². The molecule has 0 fully saturated rings. The Balaban J connectivity index is 1.93. The molecule has 2 rings (SSSR count). The van der Waals surface area contributed by atoms with Crippen LogP contribution in [0.2, 0.25) is 0 Å². The van der Waals surface area contributed by atoms with Crippen LogP contribution in [-0.2, 0) is 11.3 Å². The third-order valence-corrected chi connectivity index (χ3v) is 2.99. The molecule has 0 saturated heterocycles. The van der Waals surface area contributed by atoms with Gasteiger partial charge >= 0.3 is 0 Å². The molecule has 1 N–H and O–H groups in total. The molecule has 7 heteroatoms. The fraction of sp³-hybridized carbons (Fsp3) is 0.0625. The lowest BCUT2D eigenvalue weighted by molar-refractivity contribution is -0.384. The van der Waals surface area contributed by atoms with E-state index in [0.29, 0.717) is 5.56 Å². The molecule has 0 spiro atoms. The van der Waals surface area contributed by atoms with Crippen LogP contribution in [0.25, 0.3) is 6.08 Å². The lowest BCUT2D eigenvalue weighted by atomic mass is 10.2. The number of non-ortho nitro benzene ring substituents is 1. The fourth-order valence-corrected chi connectivity index (χ4v) is 1.80. The van der Waals surface area contributed by atoms with E-state index in [4.69, 9.17) is 0 Å². The monoisotopic (exact) mass is 318 g/mol. The van der Waals surface area contributed by atoms with Gasteiger partial charge < -0.3 is 5.32 Å². The fourth-order valence-electron chi connectivity index (χ4n) is 1.80. The van der Waals surface area contributed by atoms with Crippen molar-refractivity contribution in [1.29, 1.82) is 0 Å². The maximum absolute atomic E-state index is 13.4. The van der Waals surface area contributed by atoms with Crippen LogP contribution in [0.5, 0.6) is 0 Å². The van der Waals surface area contributed by atoms with Crippen molar-refractivity contribution >= 4 is 17.7 Å². The highest BCUT2D eigenvalue weighted by Crippen LogP contribution is 2.13.